The molecule has 0 aromatic carbocycles. The average molecular weight is 214 g/mol. The fraction of sp³-hybridized carbons (Fsp3) is 1.00. The van der Waals surface area contributed by atoms with Gasteiger partial charge in [0, 0.05) is 30.6 Å². The maximum atomic E-state index is 3.50. The number of hydrogen-bond donors (Lipinski definition) is 1. The van der Waals surface area contributed by atoms with Gasteiger partial charge in [-0.15, -0.1) is 0 Å². The van der Waals surface area contributed by atoms with E-state index in [4.69, 9.17) is 0 Å². The molecule has 2 heterocycles. The molecule has 2 unspecified atom stereocenters. The summed E-state index contributed by atoms with van der Waals surface area (Å²) in [5.74, 6) is 2.25. The Morgan fingerprint density at radius 3 is 3.14 bits per heavy atom. The molecule has 0 saturated carbocycles. The van der Waals surface area contributed by atoms with Crippen LogP contribution in [0.3, 0.4) is 0 Å². The molecule has 2 rings (SSSR count). The lowest BCUT2D eigenvalue weighted by Gasteiger charge is -2.34. The van der Waals surface area contributed by atoms with E-state index in [2.05, 4.69) is 28.9 Å². The highest BCUT2D eigenvalue weighted by Crippen LogP contribution is 2.20. The third kappa shape index (κ3) is 3.14. The number of thioether (sulfide) groups is 1. The van der Waals surface area contributed by atoms with Crippen molar-refractivity contribution in [3.05, 3.63) is 0 Å². The first-order valence-corrected chi connectivity index (χ1v) is 6.94. The van der Waals surface area contributed by atoms with Gasteiger partial charge >= 0.3 is 0 Å². The summed E-state index contributed by atoms with van der Waals surface area (Å²) in [4.78, 5) is 2.67. The van der Waals surface area contributed by atoms with Gasteiger partial charge in [-0.2, -0.15) is 11.8 Å². The minimum absolute atomic E-state index is 0.847. The first-order chi connectivity index (χ1) is 6.84. The summed E-state index contributed by atoms with van der Waals surface area (Å²) in [7, 11) is 0. The monoisotopic (exact) mass is 214 g/mol. The molecule has 2 aliphatic rings. The van der Waals surface area contributed by atoms with Gasteiger partial charge in [-0.1, -0.05) is 6.92 Å². The molecule has 0 radical (unpaired) electrons. The second-order valence-corrected chi connectivity index (χ2v) is 6.20. The van der Waals surface area contributed by atoms with E-state index in [-0.39, 0.29) is 0 Å². The van der Waals surface area contributed by atoms with Crippen molar-refractivity contribution in [3.8, 4) is 0 Å². The van der Waals surface area contributed by atoms with Crippen molar-refractivity contribution < 1.29 is 0 Å². The Morgan fingerprint density at radius 1 is 1.50 bits per heavy atom. The third-order valence-corrected chi connectivity index (χ3v) is 4.38. The molecule has 14 heavy (non-hydrogen) atoms. The van der Waals surface area contributed by atoms with Crippen LogP contribution in [-0.4, -0.2) is 48.6 Å². The molecule has 0 spiro atoms. The maximum Gasteiger partial charge on any atom is 0.0147 e. The second-order valence-electron chi connectivity index (χ2n) is 4.65. The summed E-state index contributed by atoms with van der Waals surface area (Å²) in [6, 6.07) is 0. The zero-order chi connectivity index (χ0) is 9.80. The lowest BCUT2D eigenvalue weighted by Crippen LogP contribution is -2.43. The van der Waals surface area contributed by atoms with Crippen molar-refractivity contribution in [1.82, 2.24) is 10.2 Å². The normalized spacial score (nSPS) is 35.8. The van der Waals surface area contributed by atoms with Crippen LogP contribution in [0.2, 0.25) is 0 Å². The van der Waals surface area contributed by atoms with E-state index in [0.717, 1.165) is 11.2 Å². The lowest BCUT2D eigenvalue weighted by molar-refractivity contribution is 0.215. The number of hydrogen-bond acceptors (Lipinski definition) is 3. The minimum Gasteiger partial charge on any atom is -0.316 e. The first-order valence-electron chi connectivity index (χ1n) is 5.89. The Balaban J connectivity index is 1.72. The number of piperidine rings is 1. The molecule has 0 bridgehead atoms. The van der Waals surface area contributed by atoms with E-state index in [0.29, 0.717) is 0 Å². The highest BCUT2D eigenvalue weighted by Gasteiger charge is 2.21. The Labute approximate surface area is 91.8 Å². The van der Waals surface area contributed by atoms with Crippen molar-refractivity contribution in [2.45, 2.75) is 25.0 Å². The van der Waals surface area contributed by atoms with Gasteiger partial charge in [0.1, 0.15) is 0 Å². The molecule has 2 atom stereocenters. The average Bonchev–Trinajstić information content (AvgIpc) is 2.19. The van der Waals surface area contributed by atoms with Crippen LogP contribution in [0.5, 0.6) is 0 Å². The fourth-order valence-corrected chi connectivity index (χ4v) is 3.58. The van der Waals surface area contributed by atoms with Crippen LogP contribution in [-0.2, 0) is 0 Å². The van der Waals surface area contributed by atoms with Gasteiger partial charge in [0.2, 0.25) is 0 Å². The quantitative estimate of drug-likeness (QED) is 0.748. The van der Waals surface area contributed by atoms with E-state index in [1.165, 1.54) is 51.3 Å². The zero-order valence-corrected chi connectivity index (χ0v) is 9.98. The third-order valence-electron chi connectivity index (χ3n) is 3.24. The summed E-state index contributed by atoms with van der Waals surface area (Å²) in [6.45, 7) is 8.79. The molecule has 82 valence electrons. The molecule has 0 aliphatic carbocycles. The topological polar surface area (TPSA) is 15.3 Å². The van der Waals surface area contributed by atoms with E-state index in [1.807, 2.05) is 0 Å². The zero-order valence-electron chi connectivity index (χ0n) is 9.17. The lowest BCUT2D eigenvalue weighted by atomic mass is 9.99. The molecular formula is C11H22N2S. The van der Waals surface area contributed by atoms with Crippen LogP contribution in [0.4, 0.5) is 0 Å². The van der Waals surface area contributed by atoms with Gasteiger partial charge in [0.25, 0.3) is 0 Å². The largest absolute Gasteiger partial charge is 0.316 e. The number of nitrogens with one attached hydrogen (secondary N) is 1. The van der Waals surface area contributed by atoms with Gasteiger partial charge in [-0.3, -0.25) is 0 Å². The molecule has 3 heteroatoms. The molecular weight excluding hydrogens is 192 g/mol. The molecule has 2 nitrogen and oxygen atoms in total. The van der Waals surface area contributed by atoms with Crippen molar-refractivity contribution in [2.75, 3.05) is 38.5 Å². The van der Waals surface area contributed by atoms with Crippen LogP contribution in [0.1, 0.15) is 19.8 Å². The Hall–Kier alpha value is 0.270. The predicted molar refractivity (Wildman–Crippen MR) is 64.0 cm³/mol. The molecule has 0 aromatic rings. The fourth-order valence-electron chi connectivity index (χ4n) is 2.50. The van der Waals surface area contributed by atoms with Crippen molar-refractivity contribution in [1.29, 1.82) is 0 Å². The van der Waals surface area contributed by atoms with Gasteiger partial charge in [-0.05, 0) is 31.8 Å². The van der Waals surface area contributed by atoms with E-state index >= 15 is 0 Å². The van der Waals surface area contributed by atoms with Gasteiger partial charge < -0.3 is 10.2 Å². The Morgan fingerprint density at radius 2 is 2.43 bits per heavy atom. The molecule has 1 N–H and O–H groups in total. The minimum atomic E-state index is 0.847. The molecule has 0 amide bonds. The van der Waals surface area contributed by atoms with Gasteiger partial charge in [-0.25, -0.2) is 0 Å². The highest BCUT2D eigenvalue weighted by molar-refractivity contribution is 7.99. The summed E-state index contributed by atoms with van der Waals surface area (Å²) >= 11 is 2.13. The molecule has 2 fully saturated rings. The Bertz CT molecular complexity index is 169. The Kier molecular flexibility index (Phi) is 4.14. The van der Waals surface area contributed by atoms with Crippen molar-refractivity contribution >= 4 is 11.8 Å². The highest BCUT2D eigenvalue weighted by atomic mass is 32.2. The van der Waals surface area contributed by atoms with Crippen LogP contribution < -0.4 is 5.32 Å². The first kappa shape index (κ1) is 10.8. The van der Waals surface area contributed by atoms with Gasteiger partial charge in [0.05, 0.1) is 0 Å². The van der Waals surface area contributed by atoms with Crippen LogP contribution in [0.25, 0.3) is 0 Å². The van der Waals surface area contributed by atoms with E-state index in [9.17, 15) is 0 Å². The van der Waals surface area contributed by atoms with Gasteiger partial charge in [0.15, 0.2) is 0 Å². The summed E-state index contributed by atoms with van der Waals surface area (Å²) in [5, 5.41) is 4.35. The number of rotatable bonds is 2. The summed E-state index contributed by atoms with van der Waals surface area (Å²) in [5.41, 5.74) is 0. The van der Waals surface area contributed by atoms with Crippen molar-refractivity contribution in [3.63, 3.8) is 0 Å². The van der Waals surface area contributed by atoms with E-state index < -0.39 is 0 Å². The van der Waals surface area contributed by atoms with Crippen molar-refractivity contribution in [2.24, 2.45) is 5.92 Å². The second kappa shape index (κ2) is 5.38. The smallest absolute Gasteiger partial charge is 0.0147 e. The van der Waals surface area contributed by atoms with E-state index in [1.54, 1.807) is 0 Å². The summed E-state index contributed by atoms with van der Waals surface area (Å²) < 4.78 is 0. The van der Waals surface area contributed by atoms with Crippen LogP contribution >= 0.6 is 11.8 Å². The SMILES string of the molecule is CC1CN(CC2CCCNC2)CCS1. The standard InChI is InChI=1S/C11H22N2S/c1-10-8-13(5-6-14-10)9-11-3-2-4-12-7-11/h10-12H,2-9H2,1H3. The maximum absolute atomic E-state index is 3.50. The van der Waals surface area contributed by atoms with Crippen LogP contribution in [0.15, 0.2) is 0 Å². The predicted octanol–water partition coefficient (Wildman–Crippen LogP) is 1.42. The molecule has 0 aromatic heterocycles. The molecule has 2 saturated heterocycles. The molecule has 2 aliphatic heterocycles. The summed E-state index contributed by atoms with van der Waals surface area (Å²) in [6.07, 6.45) is 2.81. The number of nitrogens with zero attached hydrogens (tertiary/aromatic N) is 1. The van der Waals surface area contributed by atoms with Crippen LogP contribution in [0, 0.1) is 5.92 Å².